The van der Waals surface area contributed by atoms with Gasteiger partial charge in [-0.25, -0.2) is 0 Å². The third kappa shape index (κ3) is 9.44. The van der Waals surface area contributed by atoms with Crippen molar-refractivity contribution in [3.8, 4) is 0 Å². The molecule has 0 fully saturated rings. The maximum absolute atomic E-state index is 10.2. The number of hydrogen-bond donors (Lipinski definition) is 0. The van der Waals surface area contributed by atoms with Crippen LogP contribution in [0.2, 0.25) is 0 Å². The van der Waals surface area contributed by atoms with Gasteiger partial charge in [0, 0.05) is 6.42 Å². The van der Waals surface area contributed by atoms with Crippen LogP contribution in [-0.4, -0.2) is 5.24 Å². The Bertz CT molecular complexity index is 159. The second kappa shape index (κ2) is 7.55. The van der Waals surface area contributed by atoms with E-state index < -0.39 is 0 Å². The molecule has 0 aliphatic carbocycles. The lowest BCUT2D eigenvalue weighted by molar-refractivity contribution is -0.111. The van der Waals surface area contributed by atoms with Gasteiger partial charge >= 0.3 is 0 Å². The van der Waals surface area contributed by atoms with E-state index in [-0.39, 0.29) is 5.24 Å². The lowest BCUT2D eigenvalue weighted by Crippen LogP contribution is -1.81. The van der Waals surface area contributed by atoms with Crippen LogP contribution >= 0.6 is 11.6 Å². The minimum absolute atomic E-state index is 0.269. The standard InChI is InChI=1S/C9H13ClO/c1-2-3-4-5-6-7-8-9(10)11/h3-6H,2,7-8H2,1H3/b4-3+,6-5+. The molecule has 0 rings (SSSR count). The Morgan fingerprint density at radius 2 is 2.00 bits per heavy atom. The first-order valence-corrected chi connectivity index (χ1v) is 4.15. The zero-order valence-corrected chi connectivity index (χ0v) is 7.47. The molecule has 0 saturated carbocycles. The van der Waals surface area contributed by atoms with Crippen molar-refractivity contribution in [2.24, 2.45) is 0 Å². The fraction of sp³-hybridized carbons (Fsp3) is 0.444. The maximum atomic E-state index is 10.2. The SMILES string of the molecule is CC/C=C/C=C/CCC(=O)Cl. The summed E-state index contributed by atoms with van der Waals surface area (Å²) in [5.74, 6) is 0. The molecule has 0 aromatic rings. The lowest BCUT2D eigenvalue weighted by atomic mass is 10.3. The number of allylic oxidation sites excluding steroid dienone is 4. The van der Waals surface area contributed by atoms with Crippen molar-refractivity contribution in [2.75, 3.05) is 0 Å². The van der Waals surface area contributed by atoms with Gasteiger partial charge in [0.25, 0.3) is 0 Å². The van der Waals surface area contributed by atoms with E-state index in [1.807, 2.05) is 18.2 Å². The lowest BCUT2D eigenvalue weighted by Gasteiger charge is -1.83. The molecule has 0 bridgehead atoms. The van der Waals surface area contributed by atoms with Gasteiger partial charge in [0.05, 0.1) is 0 Å². The van der Waals surface area contributed by atoms with E-state index in [2.05, 4.69) is 13.0 Å². The van der Waals surface area contributed by atoms with E-state index in [1.165, 1.54) is 0 Å². The summed E-state index contributed by atoms with van der Waals surface area (Å²) in [5.41, 5.74) is 0. The van der Waals surface area contributed by atoms with Gasteiger partial charge in [-0.15, -0.1) is 0 Å². The van der Waals surface area contributed by atoms with Crippen molar-refractivity contribution >= 4 is 16.8 Å². The summed E-state index contributed by atoms with van der Waals surface area (Å²) in [4.78, 5) is 10.2. The molecule has 0 N–H and O–H groups in total. The molecule has 0 spiro atoms. The molecule has 0 unspecified atom stereocenters. The number of carbonyl (C=O) groups is 1. The molecule has 0 atom stereocenters. The Morgan fingerprint density at radius 3 is 2.55 bits per heavy atom. The van der Waals surface area contributed by atoms with Crippen LogP contribution in [-0.2, 0) is 4.79 Å². The molecule has 0 aliphatic heterocycles. The minimum atomic E-state index is -0.269. The molecule has 0 aliphatic rings. The number of rotatable bonds is 5. The normalized spacial score (nSPS) is 11.5. The van der Waals surface area contributed by atoms with Crippen LogP contribution < -0.4 is 0 Å². The predicted molar refractivity (Wildman–Crippen MR) is 48.7 cm³/mol. The topological polar surface area (TPSA) is 17.1 Å². The average molecular weight is 173 g/mol. The fourth-order valence-corrected chi connectivity index (χ4v) is 0.695. The Hall–Kier alpha value is -0.560. The summed E-state index contributed by atoms with van der Waals surface area (Å²) < 4.78 is 0. The average Bonchev–Trinajstić information content (AvgIpc) is 1.96. The summed E-state index contributed by atoms with van der Waals surface area (Å²) >= 11 is 5.13. The molecule has 2 heteroatoms. The highest BCUT2D eigenvalue weighted by Crippen LogP contribution is 1.95. The van der Waals surface area contributed by atoms with Gasteiger partial charge in [-0.05, 0) is 24.4 Å². The Morgan fingerprint density at radius 1 is 1.36 bits per heavy atom. The highest BCUT2D eigenvalue weighted by molar-refractivity contribution is 6.63. The van der Waals surface area contributed by atoms with Crippen molar-refractivity contribution in [3.63, 3.8) is 0 Å². The molecule has 0 aromatic heterocycles. The van der Waals surface area contributed by atoms with Gasteiger partial charge in [-0.1, -0.05) is 31.2 Å². The third-order valence-electron chi connectivity index (χ3n) is 1.13. The van der Waals surface area contributed by atoms with E-state index in [0.29, 0.717) is 6.42 Å². The molecule has 0 radical (unpaired) electrons. The molecule has 11 heavy (non-hydrogen) atoms. The van der Waals surface area contributed by atoms with Crippen molar-refractivity contribution in [1.82, 2.24) is 0 Å². The van der Waals surface area contributed by atoms with Crippen LogP contribution in [0.15, 0.2) is 24.3 Å². The first-order chi connectivity index (χ1) is 5.27. The van der Waals surface area contributed by atoms with Crippen LogP contribution in [0.1, 0.15) is 26.2 Å². The van der Waals surface area contributed by atoms with Gasteiger partial charge in [0.15, 0.2) is 0 Å². The molecular weight excluding hydrogens is 160 g/mol. The smallest absolute Gasteiger partial charge is 0.221 e. The van der Waals surface area contributed by atoms with E-state index >= 15 is 0 Å². The summed E-state index contributed by atoms with van der Waals surface area (Å²) in [7, 11) is 0. The molecule has 0 heterocycles. The Kier molecular flexibility index (Phi) is 7.16. The molecular formula is C9H13ClO. The number of hydrogen-bond acceptors (Lipinski definition) is 1. The largest absolute Gasteiger partial charge is 0.281 e. The maximum Gasteiger partial charge on any atom is 0.221 e. The zero-order valence-electron chi connectivity index (χ0n) is 6.72. The van der Waals surface area contributed by atoms with Crippen LogP contribution in [0.5, 0.6) is 0 Å². The summed E-state index contributed by atoms with van der Waals surface area (Å²) in [5, 5.41) is -0.269. The molecule has 1 nitrogen and oxygen atoms in total. The summed E-state index contributed by atoms with van der Waals surface area (Å²) in [6.45, 7) is 2.08. The van der Waals surface area contributed by atoms with Gasteiger partial charge in [0.1, 0.15) is 0 Å². The second-order valence-electron chi connectivity index (χ2n) is 2.16. The van der Waals surface area contributed by atoms with Gasteiger partial charge in [-0.3, -0.25) is 4.79 Å². The molecule has 0 aromatic carbocycles. The molecule has 62 valence electrons. The Balaban J connectivity index is 3.30. The van der Waals surface area contributed by atoms with Crippen molar-refractivity contribution in [1.29, 1.82) is 0 Å². The monoisotopic (exact) mass is 172 g/mol. The Labute approximate surface area is 72.7 Å². The summed E-state index contributed by atoms with van der Waals surface area (Å²) in [6.07, 6.45) is 10.1. The van der Waals surface area contributed by atoms with Gasteiger partial charge < -0.3 is 0 Å². The quantitative estimate of drug-likeness (QED) is 0.460. The van der Waals surface area contributed by atoms with Crippen molar-refractivity contribution in [3.05, 3.63) is 24.3 Å². The first-order valence-electron chi connectivity index (χ1n) is 3.77. The summed E-state index contributed by atoms with van der Waals surface area (Å²) in [6, 6.07) is 0. The second-order valence-corrected chi connectivity index (χ2v) is 2.58. The van der Waals surface area contributed by atoms with E-state index in [0.717, 1.165) is 12.8 Å². The molecule has 0 saturated heterocycles. The fourth-order valence-electron chi connectivity index (χ4n) is 0.586. The van der Waals surface area contributed by atoms with Crippen molar-refractivity contribution < 1.29 is 4.79 Å². The zero-order chi connectivity index (χ0) is 8.53. The van der Waals surface area contributed by atoms with Gasteiger partial charge in [0.2, 0.25) is 5.24 Å². The van der Waals surface area contributed by atoms with Crippen LogP contribution in [0.25, 0.3) is 0 Å². The third-order valence-corrected chi connectivity index (χ3v) is 1.32. The highest BCUT2D eigenvalue weighted by Gasteiger charge is 1.89. The number of carbonyl (C=O) groups excluding carboxylic acids is 1. The number of halogens is 1. The van der Waals surface area contributed by atoms with E-state index in [4.69, 9.17) is 11.6 Å². The predicted octanol–water partition coefficient (Wildman–Crippen LogP) is 3.05. The van der Waals surface area contributed by atoms with Gasteiger partial charge in [-0.2, -0.15) is 0 Å². The van der Waals surface area contributed by atoms with Crippen LogP contribution in [0, 0.1) is 0 Å². The first kappa shape index (κ1) is 10.4. The van der Waals surface area contributed by atoms with E-state index in [1.54, 1.807) is 0 Å². The molecule has 0 amide bonds. The highest BCUT2D eigenvalue weighted by atomic mass is 35.5. The van der Waals surface area contributed by atoms with E-state index in [9.17, 15) is 4.79 Å². The van der Waals surface area contributed by atoms with Crippen LogP contribution in [0.3, 0.4) is 0 Å². The minimum Gasteiger partial charge on any atom is -0.281 e. The van der Waals surface area contributed by atoms with Crippen LogP contribution in [0.4, 0.5) is 0 Å². The van der Waals surface area contributed by atoms with Crippen molar-refractivity contribution in [2.45, 2.75) is 26.2 Å².